The fourth-order valence-electron chi connectivity index (χ4n) is 1.15. The topological polar surface area (TPSA) is 51.7 Å². The number of rotatable bonds is 2. The minimum Gasteiger partial charge on any atom is -0.507 e. The molecule has 0 heterocycles. The summed E-state index contributed by atoms with van der Waals surface area (Å²) >= 11 is 2.15. The Balaban J connectivity index is 0. The molecule has 0 saturated heterocycles. The molecule has 1 rings (SSSR count). The molecule has 0 bridgehead atoms. The molecule has 0 aromatic heterocycles. The molecule has 14 heavy (non-hydrogen) atoms. The average Bonchev–Trinajstić information content (AvgIpc) is 1.96. The Morgan fingerprint density at radius 1 is 1.36 bits per heavy atom. The predicted molar refractivity (Wildman–Crippen MR) is 70.2 cm³/mol. The van der Waals surface area contributed by atoms with Crippen molar-refractivity contribution in [3.8, 4) is 5.75 Å². The number of benzene rings is 1. The van der Waals surface area contributed by atoms with Crippen molar-refractivity contribution in [3.05, 3.63) is 27.3 Å². The smallest absolute Gasteiger partial charge is 0.128 e. The Bertz CT molecular complexity index is 277. The summed E-state index contributed by atoms with van der Waals surface area (Å²) in [6, 6.07) is 5.78. The van der Waals surface area contributed by atoms with E-state index in [-0.39, 0.29) is 17.9 Å². The Morgan fingerprint density at radius 2 is 1.93 bits per heavy atom. The minimum atomic E-state index is 0. The maximum atomic E-state index is 9.27. The number of aromatic hydroxyl groups is 1. The van der Waals surface area contributed by atoms with Crippen LogP contribution in [0.5, 0.6) is 5.75 Å². The summed E-state index contributed by atoms with van der Waals surface area (Å²) in [4.78, 5) is 0. The van der Waals surface area contributed by atoms with Crippen LogP contribution in [0.1, 0.15) is 19.4 Å². The summed E-state index contributed by atoms with van der Waals surface area (Å²) in [6.07, 6.45) is 1.08. The van der Waals surface area contributed by atoms with E-state index >= 15 is 0 Å². The number of hydrogen-bond acceptors (Lipinski definition) is 1. The van der Waals surface area contributed by atoms with Crippen LogP contribution in [0.4, 0.5) is 0 Å². The molecule has 0 saturated carbocycles. The molecule has 1 aromatic rings. The molecule has 0 unspecified atom stereocenters. The van der Waals surface area contributed by atoms with Gasteiger partial charge in [0, 0.05) is 0 Å². The molecule has 0 atom stereocenters. The van der Waals surface area contributed by atoms with Crippen LogP contribution in [0.25, 0.3) is 0 Å². The first kappa shape index (κ1) is 16.4. The lowest BCUT2D eigenvalue weighted by Crippen LogP contribution is -1.93. The molecule has 0 spiro atoms. The van der Waals surface area contributed by atoms with Crippen molar-refractivity contribution in [1.29, 1.82) is 0 Å². The van der Waals surface area contributed by atoms with Gasteiger partial charge < -0.3 is 10.6 Å². The van der Waals surface area contributed by atoms with E-state index in [1.54, 1.807) is 6.07 Å². The molecule has 0 radical (unpaired) electrons. The van der Waals surface area contributed by atoms with Gasteiger partial charge in [-0.1, -0.05) is 19.9 Å². The van der Waals surface area contributed by atoms with Gasteiger partial charge in [0.2, 0.25) is 0 Å². The van der Waals surface area contributed by atoms with Crippen LogP contribution < -0.4 is 0 Å². The fourth-order valence-corrected chi connectivity index (χ4v) is 1.73. The van der Waals surface area contributed by atoms with E-state index in [1.807, 2.05) is 12.1 Å². The van der Waals surface area contributed by atoms with E-state index < -0.39 is 0 Å². The largest absolute Gasteiger partial charge is 0.507 e. The molecule has 82 valence electrons. The van der Waals surface area contributed by atoms with Crippen molar-refractivity contribution in [2.24, 2.45) is 5.92 Å². The number of halogens is 2. The van der Waals surface area contributed by atoms with Crippen molar-refractivity contribution < 1.29 is 10.6 Å². The molecule has 0 aliphatic heterocycles. The predicted octanol–water partition coefficient (Wildman–Crippen LogP) is 2.79. The van der Waals surface area contributed by atoms with Gasteiger partial charge in [-0.05, 0) is 52.6 Å². The van der Waals surface area contributed by atoms with Crippen LogP contribution in [0.2, 0.25) is 0 Å². The van der Waals surface area contributed by atoms with Crippen molar-refractivity contribution >= 4 is 35.0 Å². The fraction of sp³-hybridized carbons (Fsp3) is 0.400. The van der Waals surface area contributed by atoms with Crippen molar-refractivity contribution in [1.82, 2.24) is 0 Å². The van der Waals surface area contributed by atoms with E-state index in [0.29, 0.717) is 11.7 Å². The zero-order chi connectivity index (χ0) is 9.14. The van der Waals surface area contributed by atoms with Gasteiger partial charge in [0.1, 0.15) is 5.75 Å². The van der Waals surface area contributed by atoms with E-state index in [0.717, 1.165) is 9.99 Å². The summed E-state index contributed by atoms with van der Waals surface area (Å²) in [5.41, 5.74) is 1.30. The first-order chi connectivity index (χ1) is 5.59. The molecular weight excluding hydrogens is 314 g/mol. The lowest BCUT2D eigenvalue weighted by atomic mass is 10.0. The third-order valence-corrected chi connectivity index (χ3v) is 2.52. The van der Waals surface area contributed by atoms with Crippen LogP contribution in [0.15, 0.2) is 18.2 Å². The van der Waals surface area contributed by atoms with Crippen LogP contribution >= 0.6 is 35.0 Å². The highest BCUT2D eigenvalue weighted by atomic mass is 127. The second-order valence-corrected chi connectivity index (χ2v) is 4.55. The summed E-state index contributed by atoms with van der Waals surface area (Å²) in [7, 11) is 0. The Hall–Kier alpha value is -0.0000000000000000208. The van der Waals surface area contributed by atoms with E-state index in [2.05, 4.69) is 36.4 Å². The number of phenols is 1. The first-order valence-corrected chi connectivity index (χ1v) is 5.15. The third kappa shape index (κ3) is 5.02. The molecule has 0 fully saturated rings. The van der Waals surface area contributed by atoms with Crippen LogP contribution in [0.3, 0.4) is 0 Å². The van der Waals surface area contributed by atoms with Gasteiger partial charge in [-0.15, -0.1) is 12.4 Å². The lowest BCUT2D eigenvalue weighted by molar-refractivity contribution is 0.471. The van der Waals surface area contributed by atoms with Crippen molar-refractivity contribution in [2.75, 3.05) is 0 Å². The van der Waals surface area contributed by atoms with Gasteiger partial charge in [0.15, 0.2) is 0 Å². The van der Waals surface area contributed by atoms with Crippen molar-refractivity contribution in [2.45, 2.75) is 20.3 Å². The Labute approximate surface area is 105 Å². The molecule has 0 aliphatic rings. The monoisotopic (exact) mass is 330 g/mol. The molecule has 3 N–H and O–H groups in total. The van der Waals surface area contributed by atoms with Gasteiger partial charge in [-0.3, -0.25) is 0 Å². The second kappa shape index (κ2) is 7.31. The Morgan fingerprint density at radius 3 is 2.36 bits per heavy atom. The average molecular weight is 331 g/mol. The summed E-state index contributed by atoms with van der Waals surface area (Å²) in [5, 5.41) is 9.27. The summed E-state index contributed by atoms with van der Waals surface area (Å²) < 4.78 is 0.936. The molecule has 1 aromatic carbocycles. The van der Waals surface area contributed by atoms with Gasteiger partial charge in [0.25, 0.3) is 0 Å². The van der Waals surface area contributed by atoms with E-state index in [9.17, 15) is 5.11 Å². The van der Waals surface area contributed by atoms with Gasteiger partial charge in [0.05, 0.1) is 3.57 Å². The molecule has 0 aliphatic carbocycles. The van der Waals surface area contributed by atoms with Gasteiger partial charge in [-0.25, -0.2) is 0 Å². The highest BCUT2D eigenvalue weighted by Crippen LogP contribution is 2.21. The summed E-state index contributed by atoms with van der Waals surface area (Å²) in [6.45, 7) is 4.39. The SMILES string of the molecule is CC(C)Cc1ccc(O)c(I)c1.Cl.O. The highest BCUT2D eigenvalue weighted by molar-refractivity contribution is 14.1. The number of phenolic OH excluding ortho intramolecular Hbond substituents is 1. The molecule has 2 nitrogen and oxygen atoms in total. The second-order valence-electron chi connectivity index (χ2n) is 3.38. The zero-order valence-electron chi connectivity index (χ0n) is 8.25. The van der Waals surface area contributed by atoms with Crippen LogP contribution in [0, 0.1) is 9.49 Å². The van der Waals surface area contributed by atoms with Gasteiger partial charge in [-0.2, -0.15) is 0 Å². The van der Waals surface area contributed by atoms with Crippen molar-refractivity contribution in [3.63, 3.8) is 0 Å². The summed E-state index contributed by atoms with van der Waals surface area (Å²) in [5.74, 6) is 1.05. The normalized spacial score (nSPS) is 9.14. The quantitative estimate of drug-likeness (QED) is 0.833. The molecule has 0 amide bonds. The van der Waals surface area contributed by atoms with E-state index in [4.69, 9.17) is 0 Å². The van der Waals surface area contributed by atoms with Gasteiger partial charge >= 0.3 is 0 Å². The molecular formula is C10H16ClIO2. The maximum absolute atomic E-state index is 9.27. The number of hydrogen-bond donors (Lipinski definition) is 1. The Kier molecular flexibility index (Phi) is 8.58. The third-order valence-electron chi connectivity index (χ3n) is 1.66. The lowest BCUT2D eigenvalue weighted by Gasteiger charge is -2.05. The first-order valence-electron chi connectivity index (χ1n) is 4.07. The minimum absolute atomic E-state index is 0. The zero-order valence-corrected chi connectivity index (χ0v) is 11.2. The highest BCUT2D eigenvalue weighted by Gasteiger charge is 2.01. The maximum Gasteiger partial charge on any atom is 0.128 e. The molecule has 4 heteroatoms. The van der Waals surface area contributed by atoms with E-state index in [1.165, 1.54) is 5.56 Å². The van der Waals surface area contributed by atoms with Crippen LogP contribution in [-0.4, -0.2) is 10.6 Å². The van der Waals surface area contributed by atoms with Crippen LogP contribution in [-0.2, 0) is 6.42 Å². The standard InChI is InChI=1S/C10H13IO.ClH.H2O/c1-7(2)5-8-3-4-10(12)9(11)6-8;;/h3-4,6-7,12H,5H2,1-2H3;1H;1H2.